The molecule has 4 aromatic rings. The third-order valence-corrected chi connectivity index (χ3v) is 10.5. The largest absolute Gasteiger partial charge is 0.490 e. The average molecular weight is 714 g/mol. The third kappa shape index (κ3) is 6.74. The third-order valence-electron chi connectivity index (χ3n) is 10.5. The van der Waals surface area contributed by atoms with Gasteiger partial charge in [-0.05, 0) is 95.7 Å². The van der Waals surface area contributed by atoms with Crippen molar-refractivity contribution in [1.82, 2.24) is 19.4 Å². The first-order valence-electron chi connectivity index (χ1n) is 18.3. The van der Waals surface area contributed by atoms with Crippen LogP contribution in [0.1, 0.15) is 68.5 Å². The Morgan fingerprint density at radius 1 is 1.08 bits per heavy atom. The maximum atomic E-state index is 15.9. The van der Waals surface area contributed by atoms with E-state index in [1.807, 2.05) is 62.4 Å². The number of carboxylic acid groups (broad SMARTS) is 1. The summed E-state index contributed by atoms with van der Waals surface area (Å²) in [4.78, 5) is 40.0. The monoisotopic (exact) mass is 713 g/mol. The van der Waals surface area contributed by atoms with E-state index in [0.717, 1.165) is 54.0 Å². The van der Waals surface area contributed by atoms with Crippen LogP contribution in [0.4, 0.5) is 10.2 Å². The Bertz CT molecular complexity index is 2030. The van der Waals surface area contributed by atoms with Crippen molar-refractivity contribution < 1.29 is 33.3 Å². The van der Waals surface area contributed by atoms with Gasteiger partial charge >= 0.3 is 5.97 Å². The number of nitrogens with zero attached hydrogens (tertiary/aromatic N) is 5. The van der Waals surface area contributed by atoms with Crippen LogP contribution in [-0.4, -0.2) is 88.0 Å². The number of rotatable bonds is 7. The van der Waals surface area contributed by atoms with Gasteiger partial charge in [-0.3, -0.25) is 4.79 Å². The van der Waals surface area contributed by atoms with Gasteiger partial charge in [-0.2, -0.15) is 0 Å². The fraction of sp³-hybridized carbons (Fsp3) is 0.500. The summed E-state index contributed by atoms with van der Waals surface area (Å²) in [6.07, 6.45) is 3.47. The molecule has 2 fully saturated rings. The molecule has 52 heavy (non-hydrogen) atoms. The zero-order chi connectivity index (χ0) is 36.9. The highest BCUT2D eigenvalue weighted by Gasteiger charge is 2.35. The maximum absolute atomic E-state index is 15.9. The molecule has 12 heteroatoms. The van der Waals surface area contributed by atoms with E-state index in [0.29, 0.717) is 79.3 Å². The first kappa shape index (κ1) is 35.8. The quantitative estimate of drug-likeness (QED) is 0.232. The summed E-state index contributed by atoms with van der Waals surface area (Å²) in [5.74, 6) is -0.426. The lowest BCUT2D eigenvalue weighted by atomic mass is 9.86. The average Bonchev–Trinajstić information content (AvgIpc) is 3.69. The van der Waals surface area contributed by atoms with E-state index in [-0.39, 0.29) is 17.6 Å². The van der Waals surface area contributed by atoms with Crippen LogP contribution >= 0.6 is 0 Å². The summed E-state index contributed by atoms with van der Waals surface area (Å²) in [6, 6.07) is 7.48. The smallest absolute Gasteiger partial charge is 0.337 e. The number of aliphatic carboxylic acids is 1. The Hall–Kier alpha value is -4.55. The molecule has 1 amide bonds. The number of halogens is 1. The van der Waals surface area contributed by atoms with Gasteiger partial charge in [-0.1, -0.05) is 0 Å². The van der Waals surface area contributed by atoms with Crippen molar-refractivity contribution in [2.75, 3.05) is 50.9 Å². The van der Waals surface area contributed by atoms with Crippen molar-refractivity contribution in [2.45, 2.75) is 72.0 Å². The highest BCUT2D eigenvalue weighted by Crippen LogP contribution is 2.45. The Balaban J connectivity index is 1.34. The summed E-state index contributed by atoms with van der Waals surface area (Å²) in [6.45, 7) is 13.5. The van der Waals surface area contributed by atoms with Gasteiger partial charge in [-0.15, -0.1) is 0 Å². The fourth-order valence-electron chi connectivity index (χ4n) is 7.95. The van der Waals surface area contributed by atoms with E-state index in [4.69, 9.17) is 24.2 Å². The van der Waals surface area contributed by atoms with Gasteiger partial charge in [-0.25, -0.2) is 19.2 Å². The minimum absolute atomic E-state index is 0.0529. The Morgan fingerprint density at radius 2 is 1.88 bits per heavy atom. The van der Waals surface area contributed by atoms with Gasteiger partial charge in [0.2, 0.25) is 5.91 Å². The van der Waals surface area contributed by atoms with Gasteiger partial charge < -0.3 is 33.7 Å². The molecule has 1 N–H and O–H groups in total. The summed E-state index contributed by atoms with van der Waals surface area (Å²) in [5.41, 5.74) is 5.30. The molecule has 3 aliphatic heterocycles. The molecule has 2 saturated heterocycles. The fourth-order valence-corrected chi connectivity index (χ4v) is 7.95. The van der Waals surface area contributed by atoms with Gasteiger partial charge in [0.15, 0.2) is 17.7 Å². The molecular formula is C40H48FN5O6. The van der Waals surface area contributed by atoms with Crippen LogP contribution in [-0.2, 0) is 32.5 Å². The van der Waals surface area contributed by atoms with Crippen molar-refractivity contribution >= 4 is 28.7 Å². The van der Waals surface area contributed by atoms with E-state index in [2.05, 4.69) is 4.90 Å². The molecule has 0 bridgehead atoms. The standard InChI is InChI=1S/C40H48FN5O6/c1-23-27-9-7-17-51-35(27)30(41)20-28(23)34-29-21-31(44(6)37(29)43-24(2)33(34)36(39(48)49)52-40(3,4)5)25-10-12-42-32(19-25)45-13-8-14-46(16-15-45)38(47)26-11-18-50-22-26/h10,12,19-21,26,36H,7-9,11,13-18,22H2,1-6H3,(H,48,49)/t26?,36-/m0/s1. The molecule has 0 radical (unpaired) electrons. The Morgan fingerprint density at radius 3 is 2.62 bits per heavy atom. The highest BCUT2D eigenvalue weighted by atomic mass is 19.1. The second kappa shape index (κ2) is 14.1. The number of carboxylic acids is 1. The van der Waals surface area contributed by atoms with Gasteiger partial charge in [0.1, 0.15) is 11.5 Å². The van der Waals surface area contributed by atoms with Crippen molar-refractivity contribution in [3.8, 4) is 28.1 Å². The van der Waals surface area contributed by atoms with Crippen molar-refractivity contribution in [3.05, 3.63) is 58.7 Å². The molecule has 1 unspecified atom stereocenters. The minimum Gasteiger partial charge on any atom is -0.490 e. The van der Waals surface area contributed by atoms with E-state index in [1.165, 1.54) is 6.07 Å². The van der Waals surface area contributed by atoms with Gasteiger partial charge in [0, 0.05) is 79.4 Å². The number of pyridine rings is 2. The molecule has 0 aliphatic carbocycles. The number of aromatic nitrogens is 3. The van der Waals surface area contributed by atoms with Crippen LogP contribution in [0.5, 0.6) is 5.75 Å². The number of anilines is 1. The highest BCUT2D eigenvalue weighted by molar-refractivity contribution is 6.01. The van der Waals surface area contributed by atoms with Gasteiger partial charge in [0.25, 0.3) is 0 Å². The predicted molar refractivity (Wildman–Crippen MR) is 196 cm³/mol. The molecule has 3 aliphatic rings. The summed E-state index contributed by atoms with van der Waals surface area (Å²) >= 11 is 0. The zero-order valence-corrected chi connectivity index (χ0v) is 30.9. The van der Waals surface area contributed by atoms with Crippen molar-refractivity contribution in [1.29, 1.82) is 0 Å². The second-order valence-electron chi connectivity index (χ2n) is 15.2. The number of ether oxygens (including phenoxy) is 3. The Kier molecular flexibility index (Phi) is 9.73. The van der Waals surface area contributed by atoms with E-state index >= 15 is 4.39 Å². The summed E-state index contributed by atoms with van der Waals surface area (Å²) in [7, 11) is 1.93. The molecule has 7 rings (SSSR count). The van der Waals surface area contributed by atoms with E-state index in [9.17, 15) is 14.7 Å². The number of carbonyl (C=O) groups is 2. The van der Waals surface area contributed by atoms with Crippen LogP contribution in [0, 0.1) is 25.6 Å². The lowest BCUT2D eigenvalue weighted by Crippen LogP contribution is -2.39. The molecule has 0 spiro atoms. The summed E-state index contributed by atoms with van der Waals surface area (Å²) < 4.78 is 35.3. The number of benzene rings is 1. The van der Waals surface area contributed by atoms with Crippen molar-refractivity contribution in [3.63, 3.8) is 0 Å². The van der Waals surface area contributed by atoms with E-state index in [1.54, 1.807) is 13.1 Å². The Labute approximate surface area is 303 Å². The second-order valence-corrected chi connectivity index (χ2v) is 15.2. The number of aryl methyl sites for hydroxylation is 2. The van der Waals surface area contributed by atoms with Crippen molar-refractivity contribution in [2.24, 2.45) is 13.0 Å². The molecule has 3 aromatic heterocycles. The zero-order valence-electron chi connectivity index (χ0n) is 30.9. The molecule has 0 saturated carbocycles. The lowest BCUT2D eigenvalue weighted by Gasteiger charge is -2.29. The molecule has 276 valence electrons. The first-order chi connectivity index (χ1) is 24.8. The molecule has 2 atom stereocenters. The van der Waals surface area contributed by atoms with Crippen LogP contribution in [0.3, 0.4) is 0 Å². The first-order valence-corrected chi connectivity index (χ1v) is 18.3. The van der Waals surface area contributed by atoms with Crippen LogP contribution in [0.2, 0.25) is 0 Å². The number of hydrogen-bond donors (Lipinski definition) is 1. The normalized spacial score (nSPS) is 18.6. The number of carbonyl (C=O) groups excluding carboxylic acids is 1. The lowest BCUT2D eigenvalue weighted by molar-refractivity contribution is -0.160. The predicted octanol–water partition coefficient (Wildman–Crippen LogP) is 6.40. The number of fused-ring (bicyclic) bond motifs is 2. The van der Waals surface area contributed by atoms with Gasteiger partial charge in [0.05, 0.1) is 30.4 Å². The topological polar surface area (TPSA) is 119 Å². The van der Waals surface area contributed by atoms with E-state index < -0.39 is 23.5 Å². The van der Waals surface area contributed by atoms with Crippen LogP contribution in [0.15, 0.2) is 30.5 Å². The number of hydrogen-bond acceptors (Lipinski definition) is 8. The molecule has 6 heterocycles. The molecule has 11 nitrogen and oxygen atoms in total. The maximum Gasteiger partial charge on any atom is 0.337 e. The molecule has 1 aromatic carbocycles. The minimum atomic E-state index is -1.35. The molecular weight excluding hydrogens is 665 g/mol. The number of amides is 1. The van der Waals surface area contributed by atoms with Crippen LogP contribution in [0.25, 0.3) is 33.4 Å². The SMILES string of the molecule is Cc1nc2c(cc(-c3ccnc(N4CCCN(C(=O)C5CCOC5)CC4)c3)n2C)c(-c2cc(F)c3c(c2C)CCCO3)c1[C@H](OC(C)(C)C)C(=O)O. The summed E-state index contributed by atoms with van der Waals surface area (Å²) in [5, 5.41) is 11.3. The van der Waals surface area contributed by atoms with Crippen LogP contribution < -0.4 is 9.64 Å².